The molecule has 0 aliphatic rings. The van der Waals surface area contributed by atoms with Gasteiger partial charge in [-0.1, -0.05) is 17.3 Å². The van der Waals surface area contributed by atoms with Gasteiger partial charge >= 0.3 is 0 Å². The molecule has 0 heterocycles. The fourth-order valence-electron chi connectivity index (χ4n) is 0.853. The van der Waals surface area contributed by atoms with E-state index < -0.39 is 0 Å². The Hall–Kier alpha value is -1.25. The van der Waals surface area contributed by atoms with Crippen LogP contribution in [-0.4, -0.2) is 31.1 Å². The number of rotatable bonds is 7. The molecule has 0 spiro atoms. The van der Waals surface area contributed by atoms with Crippen LogP contribution in [-0.2, 0) is 0 Å². The van der Waals surface area contributed by atoms with Crippen molar-refractivity contribution in [2.45, 2.75) is 0 Å². The standard InChI is InChI=1S/C8H14N4/c1-3-6-12(7-4-2)8-5-10-11-9/h3-4H,1-2,5-8H2. The maximum absolute atomic E-state index is 8.04. The zero-order chi connectivity index (χ0) is 9.23. The Bertz CT molecular complexity index is 171. The quantitative estimate of drug-likeness (QED) is 0.247. The summed E-state index contributed by atoms with van der Waals surface area (Å²) in [4.78, 5) is 4.77. The molecule has 0 aliphatic carbocycles. The first kappa shape index (κ1) is 10.8. The Labute approximate surface area is 72.8 Å². The van der Waals surface area contributed by atoms with Crippen molar-refractivity contribution >= 4 is 0 Å². The molecule has 0 unspecified atom stereocenters. The molecule has 0 radical (unpaired) electrons. The van der Waals surface area contributed by atoms with Crippen molar-refractivity contribution in [3.05, 3.63) is 35.8 Å². The third-order valence-electron chi connectivity index (χ3n) is 1.35. The summed E-state index contributed by atoms with van der Waals surface area (Å²) in [7, 11) is 0. The molecular formula is C8H14N4. The maximum atomic E-state index is 8.04. The fourth-order valence-corrected chi connectivity index (χ4v) is 0.853. The van der Waals surface area contributed by atoms with Gasteiger partial charge in [-0.05, 0) is 5.53 Å². The summed E-state index contributed by atoms with van der Waals surface area (Å²) >= 11 is 0. The van der Waals surface area contributed by atoms with Gasteiger partial charge in [0.1, 0.15) is 0 Å². The SMILES string of the molecule is C=CCN(CC=C)CCN=[N+]=[N-]. The summed E-state index contributed by atoms with van der Waals surface area (Å²) in [6.07, 6.45) is 3.64. The Morgan fingerprint density at radius 3 is 2.33 bits per heavy atom. The first-order valence-electron chi connectivity index (χ1n) is 3.80. The van der Waals surface area contributed by atoms with Crippen molar-refractivity contribution in [1.29, 1.82) is 0 Å². The minimum absolute atomic E-state index is 0.498. The van der Waals surface area contributed by atoms with Crippen molar-refractivity contribution in [1.82, 2.24) is 4.90 Å². The summed E-state index contributed by atoms with van der Waals surface area (Å²) < 4.78 is 0. The van der Waals surface area contributed by atoms with E-state index in [-0.39, 0.29) is 0 Å². The predicted molar refractivity (Wildman–Crippen MR) is 50.8 cm³/mol. The second-order valence-corrected chi connectivity index (χ2v) is 2.29. The predicted octanol–water partition coefficient (Wildman–Crippen LogP) is 1.97. The van der Waals surface area contributed by atoms with Crippen molar-refractivity contribution in [2.24, 2.45) is 5.11 Å². The summed E-state index contributed by atoms with van der Waals surface area (Å²) in [5, 5.41) is 3.45. The van der Waals surface area contributed by atoms with Crippen LogP contribution < -0.4 is 0 Å². The zero-order valence-corrected chi connectivity index (χ0v) is 7.19. The largest absolute Gasteiger partial charge is 0.296 e. The van der Waals surface area contributed by atoms with E-state index >= 15 is 0 Å². The van der Waals surface area contributed by atoms with Gasteiger partial charge < -0.3 is 0 Å². The van der Waals surface area contributed by atoms with Crippen LogP contribution in [0.4, 0.5) is 0 Å². The molecule has 0 aliphatic heterocycles. The number of hydrogen-bond donors (Lipinski definition) is 0. The molecule has 0 N–H and O–H groups in total. The summed E-state index contributed by atoms with van der Waals surface area (Å²) in [5.74, 6) is 0. The molecule has 4 nitrogen and oxygen atoms in total. The number of nitrogens with zero attached hydrogens (tertiary/aromatic N) is 4. The zero-order valence-electron chi connectivity index (χ0n) is 7.19. The van der Waals surface area contributed by atoms with Crippen molar-refractivity contribution in [3.63, 3.8) is 0 Å². The fraction of sp³-hybridized carbons (Fsp3) is 0.500. The minimum atomic E-state index is 0.498. The van der Waals surface area contributed by atoms with E-state index in [4.69, 9.17) is 5.53 Å². The third-order valence-corrected chi connectivity index (χ3v) is 1.35. The molecule has 0 fully saturated rings. The molecule has 0 amide bonds. The molecule has 0 saturated carbocycles. The lowest BCUT2D eigenvalue weighted by atomic mass is 10.4. The van der Waals surface area contributed by atoms with Crippen molar-refractivity contribution in [2.75, 3.05) is 26.2 Å². The average molecular weight is 166 g/mol. The highest BCUT2D eigenvalue weighted by molar-refractivity contribution is 4.79. The van der Waals surface area contributed by atoms with Gasteiger partial charge in [0, 0.05) is 31.1 Å². The smallest absolute Gasteiger partial charge is 0.0386 e. The van der Waals surface area contributed by atoms with Crippen LogP contribution in [0, 0.1) is 0 Å². The molecule has 0 aromatic heterocycles. The number of azide groups is 1. The van der Waals surface area contributed by atoms with E-state index in [2.05, 4.69) is 28.1 Å². The van der Waals surface area contributed by atoms with Crippen molar-refractivity contribution < 1.29 is 0 Å². The Morgan fingerprint density at radius 1 is 1.33 bits per heavy atom. The van der Waals surface area contributed by atoms with E-state index in [0.29, 0.717) is 6.54 Å². The highest BCUT2D eigenvalue weighted by atomic mass is 15.2. The second kappa shape index (κ2) is 7.85. The minimum Gasteiger partial charge on any atom is -0.296 e. The Kier molecular flexibility index (Phi) is 7.03. The first-order valence-corrected chi connectivity index (χ1v) is 3.80. The molecule has 0 rings (SSSR count). The normalized spacial score (nSPS) is 9.08. The van der Waals surface area contributed by atoms with Crippen LogP contribution in [0.15, 0.2) is 30.4 Å². The second-order valence-electron chi connectivity index (χ2n) is 2.29. The first-order chi connectivity index (χ1) is 5.85. The van der Waals surface area contributed by atoms with Gasteiger partial charge in [-0.25, -0.2) is 0 Å². The Morgan fingerprint density at radius 2 is 1.92 bits per heavy atom. The van der Waals surface area contributed by atoms with Crippen LogP contribution in [0.1, 0.15) is 0 Å². The molecule has 0 saturated heterocycles. The molecule has 12 heavy (non-hydrogen) atoms. The van der Waals surface area contributed by atoms with Crippen LogP contribution in [0.5, 0.6) is 0 Å². The molecule has 66 valence electrons. The van der Waals surface area contributed by atoms with Crippen LogP contribution >= 0.6 is 0 Å². The molecule has 0 aromatic carbocycles. The summed E-state index contributed by atoms with van der Waals surface area (Å²) in [5.41, 5.74) is 8.04. The van der Waals surface area contributed by atoms with Crippen LogP contribution in [0.3, 0.4) is 0 Å². The molecule has 4 heteroatoms. The highest BCUT2D eigenvalue weighted by Gasteiger charge is 1.97. The summed E-state index contributed by atoms with van der Waals surface area (Å²) in [6, 6.07) is 0. The van der Waals surface area contributed by atoms with E-state index in [1.165, 1.54) is 0 Å². The van der Waals surface area contributed by atoms with E-state index in [1.807, 2.05) is 12.2 Å². The molecule has 0 aromatic rings. The van der Waals surface area contributed by atoms with Crippen LogP contribution in [0.25, 0.3) is 10.4 Å². The lowest BCUT2D eigenvalue weighted by Crippen LogP contribution is -2.26. The van der Waals surface area contributed by atoms with Gasteiger partial charge in [-0.3, -0.25) is 4.90 Å². The van der Waals surface area contributed by atoms with Gasteiger partial charge in [0.25, 0.3) is 0 Å². The van der Waals surface area contributed by atoms with E-state index in [0.717, 1.165) is 19.6 Å². The van der Waals surface area contributed by atoms with Gasteiger partial charge in [0.05, 0.1) is 0 Å². The average Bonchev–Trinajstić information content (AvgIpc) is 2.06. The van der Waals surface area contributed by atoms with Gasteiger partial charge in [-0.15, -0.1) is 13.2 Å². The topological polar surface area (TPSA) is 52.0 Å². The van der Waals surface area contributed by atoms with Crippen molar-refractivity contribution in [3.8, 4) is 0 Å². The number of hydrogen-bond acceptors (Lipinski definition) is 2. The molecule has 0 atom stereocenters. The molecule has 0 bridgehead atoms. The van der Waals surface area contributed by atoms with Gasteiger partial charge in [0.2, 0.25) is 0 Å². The summed E-state index contributed by atoms with van der Waals surface area (Å²) in [6.45, 7) is 10.1. The highest BCUT2D eigenvalue weighted by Crippen LogP contribution is 1.89. The van der Waals surface area contributed by atoms with Gasteiger partial charge in [0.15, 0.2) is 0 Å². The Balaban J connectivity index is 3.68. The van der Waals surface area contributed by atoms with E-state index in [1.54, 1.807) is 0 Å². The van der Waals surface area contributed by atoms with Gasteiger partial charge in [-0.2, -0.15) is 0 Å². The monoisotopic (exact) mass is 166 g/mol. The van der Waals surface area contributed by atoms with Crippen LogP contribution in [0.2, 0.25) is 0 Å². The maximum Gasteiger partial charge on any atom is 0.0386 e. The van der Waals surface area contributed by atoms with E-state index in [9.17, 15) is 0 Å². The third kappa shape index (κ3) is 5.53. The molecular weight excluding hydrogens is 152 g/mol. The lowest BCUT2D eigenvalue weighted by Gasteiger charge is -2.16. The lowest BCUT2D eigenvalue weighted by molar-refractivity contribution is 0.345.